The summed E-state index contributed by atoms with van der Waals surface area (Å²) in [6.07, 6.45) is 10.4. The average Bonchev–Trinajstić information content (AvgIpc) is 3.67. The van der Waals surface area contributed by atoms with E-state index < -0.39 is 24.2 Å². The summed E-state index contributed by atoms with van der Waals surface area (Å²) in [5.41, 5.74) is 1.66. The van der Waals surface area contributed by atoms with Crippen LogP contribution in [-0.2, 0) is 20.7 Å². The van der Waals surface area contributed by atoms with E-state index >= 15 is 0 Å². The number of aliphatic hydroxyl groups excluding tert-OH is 1. The first-order chi connectivity index (χ1) is 21.5. The smallest absolute Gasteiger partial charge is 0.329 e. The van der Waals surface area contributed by atoms with Crippen molar-refractivity contribution in [2.45, 2.75) is 64.7 Å². The second-order valence-corrected chi connectivity index (χ2v) is 12.7. The number of carbonyl (C=O) groups is 3. The molecule has 4 heterocycles. The number of hydrogen-bond donors (Lipinski definition) is 2. The molecule has 4 rings (SSSR count). The molecule has 2 fully saturated rings. The molecule has 2 saturated heterocycles. The predicted molar refractivity (Wildman–Crippen MR) is 171 cm³/mol. The summed E-state index contributed by atoms with van der Waals surface area (Å²) in [6, 6.07) is -0.732. The Bertz CT molecular complexity index is 1290. The van der Waals surface area contributed by atoms with Crippen LogP contribution in [0.4, 0.5) is 0 Å². The summed E-state index contributed by atoms with van der Waals surface area (Å²) >= 11 is 0. The van der Waals surface area contributed by atoms with Crippen molar-refractivity contribution in [3.63, 3.8) is 0 Å². The van der Waals surface area contributed by atoms with E-state index in [1.807, 2.05) is 26.0 Å². The highest BCUT2D eigenvalue weighted by Crippen LogP contribution is 2.26. The van der Waals surface area contributed by atoms with Crippen LogP contribution in [0.25, 0.3) is 0 Å². The van der Waals surface area contributed by atoms with E-state index in [-0.39, 0.29) is 35.8 Å². The van der Waals surface area contributed by atoms with Crippen molar-refractivity contribution in [2.75, 3.05) is 52.9 Å². The maximum Gasteiger partial charge on any atom is 0.329 e. The van der Waals surface area contributed by atoms with Crippen molar-refractivity contribution in [1.82, 2.24) is 25.0 Å². The number of rotatable bonds is 3. The lowest BCUT2D eigenvalue weighted by molar-refractivity contribution is -0.158. The Morgan fingerprint density at radius 3 is 2.67 bits per heavy atom. The van der Waals surface area contributed by atoms with E-state index in [9.17, 15) is 19.5 Å². The molecule has 1 aromatic rings. The van der Waals surface area contributed by atoms with Crippen molar-refractivity contribution < 1.29 is 28.6 Å². The number of likely N-dealkylation sites (N-methyl/N-ethyl adjacent to an activating group) is 1. The summed E-state index contributed by atoms with van der Waals surface area (Å²) in [7, 11) is 2.11. The average molecular weight is 624 g/mol. The summed E-state index contributed by atoms with van der Waals surface area (Å²) in [5, 5.41) is 13.4. The molecule has 5 unspecified atom stereocenters. The lowest BCUT2D eigenvalue weighted by Gasteiger charge is -2.37. The van der Waals surface area contributed by atoms with Crippen LogP contribution in [0.15, 0.2) is 58.8 Å². The van der Waals surface area contributed by atoms with Crippen molar-refractivity contribution in [1.29, 1.82) is 0 Å². The van der Waals surface area contributed by atoms with Gasteiger partial charge >= 0.3 is 5.97 Å². The highest BCUT2D eigenvalue weighted by atomic mass is 16.5. The first kappa shape index (κ1) is 34.3. The monoisotopic (exact) mass is 623 g/mol. The quantitative estimate of drug-likeness (QED) is 0.386. The van der Waals surface area contributed by atoms with Gasteiger partial charge in [-0.15, -0.1) is 0 Å². The molecule has 2 bridgehead atoms. The Kier molecular flexibility index (Phi) is 12.3. The van der Waals surface area contributed by atoms with Crippen LogP contribution in [0.1, 0.15) is 56.4 Å². The number of allylic oxidation sites excluding steroid dienone is 2. The number of aliphatic hydroxyl groups is 1. The highest BCUT2D eigenvalue weighted by Gasteiger charge is 2.39. The van der Waals surface area contributed by atoms with Gasteiger partial charge in [0.05, 0.1) is 6.10 Å². The molecule has 0 radical (unpaired) electrons. The first-order valence-electron chi connectivity index (χ1n) is 16.0. The number of fused-ring (bicyclic) bond motifs is 3. The molecule has 3 aliphatic heterocycles. The van der Waals surface area contributed by atoms with Crippen LogP contribution in [0.2, 0.25) is 0 Å². The van der Waals surface area contributed by atoms with E-state index in [4.69, 9.17) is 9.15 Å². The molecular formula is C34H49N5O6. The Morgan fingerprint density at radius 1 is 1.16 bits per heavy atom. The molecule has 11 heteroatoms. The normalized spacial score (nSPS) is 30.5. The molecule has 0 aliphatic carbocycles. The van der Waals surface area contributed by atoms with Crippen LogP contribution in [-0.4, -0.2) is 114 Å². The van der Waals surface area contributed by atoms with Crippen LogP contribution >= 0.6 is 0 Å². The second kappa shape index (κ2) is 16.1. The molecule has 246 valence electrons. The van der Waals surface area contributed by atoms with E-state index in [1.165, 1.54) is 17.2 Å². The number of nitrogens with zero attached hydrogens (tertiary/aromatic N) is 4. The molecule has 11 nitrogen and oxygen atoms in total. The second-order valence-electron chi connectivity index (χ2n) is 12.7. The van der Waals surface area contributed by atoms with Gasteiger partial charge in [0.25, 0.3) is 5.91 Å². The number of esters is 1. The molecule has 45 heavy (non-hydrogen) atoms. The molecule has 0 aromatic carbocycles. The molecule has 0 spiro atoms. The van der Waals surface area contributed by atoms with Gasteiger partial charge in [-0.25, -0.2) is 9.78 Å². The molecular weight excluding hydrogens is 574 g/mol. The maximum absolute atomic E-state index is 13.7. The van der Waals surface area contributed by atoms with Gasteiger partial charge < -0.3 is 34.3 Å². The topological polar surface area (TPSA) is 128 Å². The van der Waals surface area contributed by atoms with Gasteiger partial charge in [-0.2, -0.15) is 0 Å². The third kappa shape index (κ3) is 9.97. The van der Waals surface area contributed by atoms with E-state index in [1.54, 1.807) is 12.2 Å². The lowest BCUT2D eigenvalue weighted by atomic mass is 9.91. The third-order valence-corrected chi connectivity index (χ3v) is 8.71. The minimum absolute atomic E-state index is 0.0145. The van der Waals surface area contributed by atoms with Crippen molar-refractivity contribution in [3.05, 3.63) is 66.0 Å². The molecule has 1 aromatic heterocycles. The minimum Gasteiger partial charge on any atom is -0.460 e. The third-order valence-electron chi connectivity index (χ3n) is 8.71. The largest absolute Gasteiger partial charge is 0.460 e. The zero-order valence-corrected chi connectivity index (χ0v) is 27.1. The zero-order chi connectivity index (χ0) is 32.5. The summed E-state index contributed by atoms with van der Waals surface area (Å²) in [5.74, 6) is -1.02. The van der Waals surface area contributed by atoms with Gasteiger partial charge in [-0.05, 0) is 39.3 Å². The van der Waals surface area contributed by atoms with Gasteiger partial charge in [-0.1, -0.05) is 55.9 Å². The number of oxazole rings is 1. The SMILES string of the molecule is C=C1Cc2nc(co2)C(=O)N2CCCC2C(=O)OC(C(C)CN2CCN(C)CC2)C(C)/C=C/C(=O)NC/C=C/C(C)=C/C(O)C1. The lowest BCUT2D eigenvalue weighted by Crippen LogP contribution is -2.49. The fourth-order valence-electron chi connectivity index (χ4n) is 6.20. The molecule has 2 N–H and O–H groups in total. The van der Waals surface area contributed by atoms with Crippen molar-refractivity contribution in [2.24, 2.45) is 11.8 Å². The Hall–Kier alpha value is -3.54. The number of hydrogen-bond acceptors (Lipinski definition) is 9. The van der Waals surface area contributed by atoms with Crippen LogP contribution in [0.5, 0.6) is 0 Å². The minimum atomic E-state index is -0.762. The van der Waals surface area contributed by atoms with Gasteiger partial charge in [0.2, 0.25) is 5.91 Å². The summed E-state index contributed by atoms with van der Waals surface area (Å²) < 4.78 is 11.8. The number of cyclic esters (lactones) is 1. The van der Waals surface area contributed by atoms with E-state index in [2.05, 4.69) is 40.7 Å². The summed E-state index contributed by atoms with van der Waals surface area (Å²) in [4.78, 5) is 50.4. The van der Waals surface area contributed by atoms with Crippen LogP contribution in [0.3, 0.4) is 0 Å². The van der Waals surface area contributed by atoms with Crippen LogP contribution in [0, 0.1) is 11.8 Å². The van der Waals surface area contributed by atoms with Gasteiger partial charge in [-0.3, -0.25) is 9.59 Å². The zero-order valence-electron chi connectivity index (χ0n) is 27.1. The standard InChI is InChI=1S/C34H49N5O6/c1-23-8-6-12-35-30(41)11-10-25(3)32(26(4)21-38-16-14-37(5)15-17-38)45-34(43)29-9-7-13-39(29)33(42)28-22-44-31(36-28)20-24(2)19-27(40)18-23/h6,8,10-11,18,22,25-27,29,32,40H,2,7,9,12-17,19-21H2,1,3-5H3,(H,35,41)/b8-6+,11-10+,23-18+. The number of ether oxygens (including phenoxy) is 1. The molecule has 5 atom stereocenters. The van der Waals surface area contributed by atoms with E-state index in [0.717, 1.165) is 38.3 Å². The first-order valence-corrected chi connectivity index (χ1v) is 16.0. The fourth-order valence-corrected chi connectivity index (χ4v) is 6.20. The summed E-state index contributed by atoms with van der Waals surface area (Å²) in [6.45, 7) is 15.3. The highest BCUT2D eigenvalue weighted by molar-refractivity contribution is 5.95. The van der Waals surface area contributed by atoms with Crippen LogP contribution < -0.4 is 5.32 Å². The molecule has 2 amide bonds. The predicted octanol–water partition coefficient (Wildman–Crippen LogP) is 2.75. The van der Waals surface area contributed by atoms with E-state index in [0.29, 0.717) is 43.8 Å². The Labute approximate surface area is 266 Å². The number of piperazine rings is 1. The number of aromatic nitrogens is 1. The van der Waals surface area contributed by atoms with Crippen molar-refractivity contribution in [3.8, 4) is 0 Å². The maximum atomic E-state index is 13.7. The number of carbonyl (C=O) groups excluding carboxylic acids is 3. The van der Waals surface area contributed by atoms with Gasteiger partial charge in [0.15, 0.2) is 11.6 Å². The Balaban J connectivity index is 1.57. The molecule has 0 saturated carbocycles. The molecule has 3 aliphatic rings. The number of amides is 2. The number of nitrogens with one attached hydrogen (secondary N) is 1. The Morgan fingerprint density at radius 2 is 1.91 bits per heavy atom. The van der Waals surface area contributed by atoms with Gasteiger partial charge in [0, 0.05) is 64.1 Å². The fraction of sp³-hybridized carbons (Fsp3) is 0.588. The van der Waals surface area contributed by atoms with Gasteiger partial charge in [0.1, 0.15) is 18.4 Å². The van der Waals surface area contributed by atoms with Crippen molar-refractivity contribution >= 4 is 17.8 Å².